The Hall–Kier alpha value is -1.23. The summed E-state index contributed by atoms with van der Waals surface area (Å²) in [5.41, 5.74) is 3.09. The summed E-state index contributed by atoms with van der Waals surface area (Å²) in [7, 11) is 1.53. The minimum absolute atomic E-state index is 0.00469. The van der Waals surface area contributed by atoms with Crippen molar-refractivity contribution < 1.29 is 9.53 Å². The first kappa shape index (κ1) is 14.7. The molecule has 0 radical (unpaired) electrons. The van der Waals surface area contributed by atoms with E-state index < -0.39 is 0 Å². The number of nitrogens with one attached hydrogen (secondary N) is 1. The average Bonchev–Trinajstić information content (AvgIpc) is 2.80. The summed E-state index contributed by atoms with van der Waals surface area (Å²) in [6.45, 7) is 2.71. The molecule has 21 heavy (non-hydrogen) atoms. The summed E-state index contributed by atoms with van der Waals surface area (Å²) < 4.78 is 4.96. The molecule has 112 valence electrons. The van der Waals surface area contributed by atoms with Crippen molar-refractivity contribution in [3.05, 3.63) is 33.4 Å². The van der Waals surface area contributed by atoms with E-state index in [1.165, 1.54) is 7.11 Å². The Morgan fingerprint density at radius 1 is 1.48 bits per heavy atom. The first-order chi connectivity index (χ1) is 10.0. The molecule has 1 atom stereocenters. The molecular weight excluding hydrogens is 311 g/mol. The van der Waals surface area contributed by atoms with E-state index in [0.29, 0.717) is 16.6 Å². The van der Waals surface area contributed by atoms with Gasteiger partial charge in [-0.2, -0.15) is 0 Å². The van der Waals surface area contributed by atoms with Gasteiger partial charge in [0.05, 0.1) is 15.6 Å². The summed E-state index contributed by atoms with van der Waals surface area (Å²) in [4.78, 5) is 17.4. The third-order valence-electron chi connectivity index (χ3n) is 4.01. The van der Waals surface area contributed by atoms with Crippen LogP contribution in [-0.2, 0) is 22.5 Å². The van der Waals surface area contributed by atoms with E-state index in [0.717, 1.165) is 28.6 Å². The Morgan fingerprint density at radius 2 is 2.24 bits per heavy atom. The lowest BCUT2D eigenvalue weighted by atomic mass is 9.99. The second kappa shape index (κ2) is 5.52. The summed E-state index contributed by atoms with van der Waals surface area (Å²) in [5.74, 6) is 0.00469. The normalized spacial score (nSPS) is 18.1. The van der Waals surface area contributed by atoms with Crippen LogP contribution in [0.25, 0.3) is 10.9 Å². The molecular formula is C15H16Cl2N2O2. The van der Waals surface area contributed by atoms with Gasteiger partial charge in [0, 0.05) is 42.8 Å². The quantitative estimate of drug-likeness (QED) is 0.919. The molecule has 1 aliphatic heterocycles. The zero-order valence-corrected chi connectivity index (χ0v) is 13.4. The van der Waals surface area contributed by atoms with Gasteiger partial charge in [-0.3, -0.25) is 4.79 Å². The number of carbonyl (C=O) groups excluding carboxylic acids is 1. The second-order valence-electron chi connectivity index (χ2n) is 5.37. The molecule has 0 saturated heterocycles. The largest absolute Gasteiger partial charge is 0.375 e. The van der Waals surface area contributed by atoms with Gasteiger partial charge in [-0.05, 0) is 13.0 Å². The number of hydrogen-bond acceptors (Lipinski definition) is 2. The smallest absolute Gasteiger partial charge is 0.249 e. The zero-order chi connectivity index (χ0) is 15.1. The molecule has 1 aromatic heterocycles. The Bertz CT molecular complexity index is 711. The van der Waals surface area contributed by atoms with Crippen LogP contribution in [-0.4, -0.2) is 35.5 Å². The number of carbonyl (C=O) groups is 1. The van der Waals surface area contributed by atoms with Gasteiger partial charge in [-0.1, -0.05) is 29.3 Å². The fourth-order valence-electron chi connectivity index (χ4n) is 2.94. The molecule has 0 saturated carbocycles. The zero-order valence-electron chi connectivity index (χ0n) is 11.9. The number of H-pyrrole nitrogens is 1. The second-order valence-corrected chi connectivity index (χ2v) is 6.16. The minimum atomic E-state index is 0.00469. The van der Waals surface area contributed by atoms with E-state index in [-0.39, 0.29) is 18.6 Å². The van der Waals surface area contributed by atoms with E-state index in [1.54, 1.807) is 6.07 Å². The summed E-state index contributed by atoms with van der Waals surface area (Å²) in [5, 5.41) is 2.09. The topological polar surface area (TPSA) is 45.3 Å². The van der Waals surface area contributed by atoms with Crippen LogP contribution in [0.5, 0.6) is 0 Å². The van der Waals surface area contributed by atoms with Crippen LogP contribution >= 0.6 is 23.2 Å². The standard InChI is InChI=1S/C15H16Cl2N2O2/c1-8-5-12-10(6-19(8)13(20)7-21-2)9-3-4-11(16)14(17)15(9)18-12/h3-4,8,18H,5-7H2,1-2H3/t8-/m0/s1. The molecule has 0 fully saturated rings. The van der Waals surface area contributed by atoms with E-state index in [9.17, 15) is 4.79 Å². The van der Waals surface area contributed by atoms with Crippen molar-refractivity contribution in [2.45, 2.75) is 25.9 Å². The van der Waals surface area contributed by atoms with Crippen LogP contribution in [0.3, 0.4) is 0 Å². The van der Waals surface area contributed by atoms with Crippen molar-refractivity contribution in [3.8, 4) is 0 Å². The predicted octanol–water partition coefficient (Wildman–Crippen LogP) is 3.39. The van der Waals surface area contributed by atoms with Gasteiger partial charge in [-0.25, -0.2) is 0 Å². The van der Waals surface area contributed by atoms with Crippen molar-refractivity contribution >= 4 is 40.0 Å². The molecule has 3 rings (SSSR count). The molecule has 0 spiro atoms. The molecule has 0 aliphatic carbocycles. The van der Waals surface area contributed by atoms with E-state index in [2.05, 4.69) is 4.98 Å². The molecule has 2 heterocycles. The monoisotopic (exact) mass is 326 g/mol. The van der Waals surface area contributed by atoms with Gasteiger partial charge in [0.2, 0.25) is 5.91 Å². The summed E-state index contributed by atoms with van der Waals surface area (Å²) >= 11 is 12.3. The molecule has 4 nitrogen and oxygen atoms in total. The molecule has 6 heteroatoms. The number of fused-ring (bicyclic) bond motifs is 3. The third-order valence-corrected chi connectivity index (χ3v) is 4.81. The summed E-state index contributed by atoms with van der Waals surface area (Å²) in [6, 6.07) is 3.87. The lowest BCUT2D eigenvalue weighted by Crippen LogP contribution is -2.44. The van der Waals surface area contributed by atoms with Gasteiger partial charge in [0.25, 0.3) is 0 Å². The average molecular weight is 327 g/mol. The number of hydrogen-bond donors (Lipinski definition) is 1. The number of rotatable bonds is 2. The lowest BCUT2D eigenvalue weighted by molar-refractivity contribution is -0.138. The van der Waals surface area contributed by atoms with Crippen LogP contribution in [0.15, 0.2) is 12.1 Å². The highest BCUT2D eigenvalue weighted by atomic mass is 35.5. The van der Waals surface area contributed by atoms with Crippen LogP contribution in [0.2, 0.25) is 10.0 Å². The van der Waals surface area contributed by atoms with Gasteiger partial charge in [0.1, 0.15) is 6.61 Å². The number of nitrogens with zero attached hydrogens (tertiary/aromatic N) is 1. The highest BCUT2D eigenvalue weighted by Gasteiger charge is 2.29. The maximum atomic E-state index is 12.1. The maximum Gasteiger partial charge on any atom is 0.249 e. The molecule has 1 aromatic carbocycles. The number of aromatic amines is 1. The molecule has 1 aliphatic rings. The van der Waals surface area contributed by atoms with Crippen LogP contribution in [0, 0.1) is 0 Å². The lowest BCUT2D eigenvalue weighted by Gasteiger charge is -2.33. The van der Waals surface area contributed by atoms with E-state index >= 15 is 0 Å². The number of benzene rings is 1. The Kier molecular flexibility index (Phi) is 3.86. The molecule has 1 N–H and O–H groups in total. The van der Waals surface area contributed by atoms with E-state index in [1.807, 2.05) is 17.9 Å². The third kappa shape index (κ3) is 2.41. The van der Waals surface area contributed by atoms with Crippen LogP contribution in [0.4, 0.5) is 0 Å². The Balaban J connectivity index is 2.05. The van der Waals surface area contributed by atoms with Crippen molar-refractivity contribution in [2.75, 3.05) is 13.7 Å². The Labute approximate surface area is 133 Å². The molecule has 1 amide bonds. The first-order valence-electron chi connectivity index (χ1n) is 6.78. The van der Waals surface area contributed by atoms with Crippen LogP contribution < -0.4 is 0 Å². The number of amides is 1. The maximum absolute atomic E-state index is 12.1. The molecule has 2 aromatic rings. The minimum Gasteiger partial charge on any atom is -0.375 e. The van der Waals surface area contributed by atoms with Gasteiger partial charge < -0.3 is 14.6 Å². The predicted molar refractivity (Wildman–Crippen MR) is 83.9 cm³/mol. The highest BCUT2D eigenvalue weighted by molar-refractivity contribution is 6.45. The van der Waals surface area contributed by atoms with Crippen molar-refractivity contribution in [1.82, 2.24) is 9.88 Å². The number of methoxy groups -OCH3 is 1. The first-order valence-corrected chi connectivity index (χ1v) is 7.54. The molecule has 0 unspecified atom stereocenters. The van der Waals surface area contributed by atoms with Crippen molar-refractivity contribution in [3.63, 3.8) is 0 Å². The van der Waals surface area contributed by atoms with Gasteiger partial charge in [0.15, 0.2) is 0 Å². The number of aromatic nitrogens is 1. The Morgan fingerprint density at radius 3 is 2.95 bits per heavy atom. The molecule has 0 bridgehead atoms. The fourth-order valence-corrected chi connectivity index (χ4v) is 3.31. The van der Waals surface area contributed by atoms with Crippen LogP contribution in [0.1, 0.15) is 18.2 Å². The number of halogens is 2. The fraction of sp³-hybridized carbons (Fsp3) is 0.400. The summed E-state index contributed by atoms with van der Waals surface area (Å²) in [6.07, 6.45) is 0.771. The van der Waals surface area contributed by atoms with Crippen molar-refractivity contribution in [2.24, 2.45) is 0 Å². The number of ether oxygens (including phenoxy) is 1. The van der Waals surface area contributed by atoms with E-state index in [4.69, 9.17) is 27.9 Å². The SMILES string of the molecule is COCC(=O)N1Cc2c([nH]c3c(Cl)c(Cl)ccc23)C[C@@H]1C. The highest BCUT2D eigenvalue weighted by Crippen LogP contribution is 2.36. The van der Waals surface area contributed by atoms with Gasteiger partial charge in [-0.15, -0.1) is 0 Å². The van der Waals surface area contributed by atoms with Crippen molar-refractivity contribution in [1.29, 1.82) is 0 Å². The van der Waals surface area contributed by atoms with Gasteiger partial charge >= 0.3 is 0 Å².